The molecule has 3 rings (SSSR count). The molecule has 1 atom stereocenters. The van der Waals surface area contributed by atoms with Crippen LogP contribution in [0, 0.1) is 0 Å². The first-order valence-corrected chi connectivity index (χ1v) is 9.51. The Morgan fingerprint density at radius 2 is 1.59 bits per heavy atom. The van der Waals surface area contributed by atoms with Gasteiger partial charge in [0, 0.05) is 29.0 Å². The normalized spacial score (nSPS) is 11.4. The van der Waals surface area contributed by atoms with Crippen molar-refractivity contribution in [3.63, 3.8) is 0 Å². The number of nitrogens with one attached hydrogen (secondary N) is 2. The van der Waals surface area contributed by atoms with Crippen molar-refractivity contribution in [2.24, 2.45) is 0 Å². The molecule has 0 heterocycles. The van der Waals surface area contributed by atoms with Gasteiger partial charge in [0.2, 0.25) is 5.91 Å². The summed E-state index contributed by atoms with van der Waals surface area (Å²) in [7, 11) is 3.18. The van der Waals surface area contributed by atoms with Crippen LogP contribution in [0.1, 0.15) is 24.1 Å². The smallest absolute Gasteiger partial charge is 0.228 e. The number of carbonyl (C=O) groups is 1. The summed E-state index contributed by atoms with van der Waals surface area (Å²) >= 11 is 0. The van der Waals surface area contributed by atoms with Gasteiger partial charge in [-0.2, -0.15) is 0 Å². The van der Waals surface area contributed by atoms with Gasteiger partial charge in [0.1, 0.15) is 11.5 Å². The van der Waals surface area contributed by atoms with Crippen LogP contribution in [0.25, 0.3) is 0 Å². The summed E-state index contributed by atoms with van der Waals surface area (Å²) in [6.45, 7) is 2.12. The molecular weight excluding hydrogens is 364 g/mol. The standard InChI is InChI=1S/C24H26N2O3/c1-17(18-7-5-4-6-8-18)25-20-10-12-21(13-11-20)26-24(27)15-19-9-14-22(28-2)16-23(19)29-3/h4-14,16-17,25H,15H2,1-3H3,(H,26,27). The highest BCUT2D eigenvalue weighted by Gasteiger charge is 2.11. The van der Waals surface area contributed by atoms with Crippen molar-refractivity contribution >= 4 is 17.3 Å². The van der Waals surface area contributed by atoms with E-state index in [1.807, 2.05) is 54.6 Å². The number of hydrogen-bond donors (Lipinski definition) is 2. The molecule has 5 nitrogen and oxygen atoms in total. The first-order valence-electron chi connectivity index (χ1n) is 9.51. The molecule has 0 aliphatic heterocycles. The van der Waals surface area contributed by atoms with Gasteiger partial charge in [-0.15, -0.1) is 0 Å². The zero-order valence-corrected chi connectivity index (χ0v) is 16.9. The van der Waals surface area contributed by atoms with E-state index < -0.39 is 0 Å². The van der Waals surface area contributed by atoms with E-state index in [0.29, 0.717) is 11.5 Å². The van der Waals surface area contributed by atoms with Crippen LogP contribution in [-0.2, 0) is 11.2 Å². The van der Waals surface area contributed by atoms with E-state index in [-0.39, 0.29) is 18.4 Å². The van der Waals surface area contributed by atoms with Gasteiger partial charge in [-0.05, 0) is 42.8 Å². The van der Waals surface area contributed by atoms with Crippen LogP contribution in [0.3, 0.4) is 0 Å². The van der Waals surface area contributed by atoms with E-state index in [1.54, 1.807) is 20.3 Å². The lowest BCUT2D eigenvalue weighted by Crippen LogP contribution is -2.15. The topological polar surface area (TPSA) is 59.6 Å². The second-order valence-electron chi connectivity index (χ2n) is 6.76. The first-order chi connectivity index (χ1) is 14.1. The minimum Gasteiger partial charge on any atom is -0.497 e. The van der Waals surface area contributed by atoms with Gasteiger partial charge < -0.3 is 20.1 Å². The zero-order valence-electron chi connectivity index (χ0n) is 16.9. The summed E-state index contributed by atoms with van der Waals surface area (Å²) in [6, 6.07) is 23.6. The van der Waals surface area contributed by atoms with Crippen molar-refractivity contribution in [3.05, 3.63) is 83.9 Å². The van der Waals surface area contributed by atoms with Crippen LogP contribution >= 0.6 is 0 Å². The van der Waals surface area contributed by atoms with Crippen molar-refractivity contribution in [1.29, 1.82) is 0 Å². The van der Waals surface area contributed by atoms with Crippen LogP contribution in [-0.4, -0.2) is 20.1 Å². The monoisotopic (exact) mass is 390 g/mol. The minimum atomic E-state index is -0.105. The number of anilines is 2. The van der Waals surface area contributed by atoms with Gasteiger partial charge in [0.15, 0.2) is 0 Å². The fourth-order valence-corrected chi connectivity index (χ4v) is 3.10. The Bertz CT molecular complexity index is 940. The molecule has 3 aromatic carbocycles. The Morgan fingerprint density at radius 3 is 2.24 bits per heavy atom. The molecule has 150 valence electrons. The highest BCUT2D eigenvalue weighted by Crippen LogP contribution is 2.25. The molecule has 0 aromatic heterocycles. The van der Waals surface area contributed by atoms with Crippen molar-refractivity contribution in [2.75, 3.05) is 24.9 Å². The third kappa shape index (κ3) is 5.51. The molecule has 0 bridgehead atoms. The summed E-state index contributed by atoms with van der Waals surface area (Å²) in [4.78, 5) is 12.4. The average molecular weight is 390 g/mol. The molecule has 5 heteroatoms. The summed E-state index contributed by atoms with van der Waals surface area (Å²) in [5, 5.41) is 6.39. The van der Waals surface area contributed by atoms with Gasteiger partial charge in [0.05, 0.1) is 20.6 Å². The molecule has 0 saturated heterocycles. The lowest BCUT2D eigenvalue weighted by atomic mass is 10.1. The third-order valence-electron chi connectivity index (χ3n) is 4.70. The predicted molar refractivity (Wildman–Crippen MR) is 117 cm³/mol. The molecule has 0 saturated carbocycles. The number of hydrogen-bond acceptors (Lipinski definition) is 4. The zero-order chi connectivity index (χ0) is 20.6. The van der Waals surface area contributed by atoms with Gasteiger partial charge in [-0.25, -0.2) is 0 Å². The Morgan fingerprint density at radius 1 is 0.897 bits per heavy atom. The van der Waals surface area contributed by atoms with E-state index in [2.05, 4.69) is 29.7 Å². The van der Waals surface area contributed by atoms with Crippen LogP contribution < -0.4 is 20.1 Å². The maximum absolute atomic E-state index is 12.4. The Kier molecular flexibility index (Phi) is 6.74. The van der Waals surface area contributed by atoms with E-state index in [0.717, 1.165) is 16.9 Å². The van der Waals surface area contributed by atoms with Crippen molar-refractivity contribution in [1.82, 2.24) is 0 Å². The molecule has 0 fully saturated rings. The van der Waals surface area contributed by atoms with Gasteiger partial charge >= 0.3 is 0 Å². The largest absolute Gasteiger partial charge is 0.497 e. The number of amides is 1. The number of methoxy groups -OCH3 is 2. The first kappa shape index (κ1) is 20.3. The number of ether oxygens (including phenoxy) is 2. The number of carbonyl (C=O) groups excluding carboxylic acids is 1. The Hall–Kier alpha value is -3.47. The van der Waals surface area contributed by atoms with Crippen LogP contribution in [0.2, 0.25) is 0 Å². The number of benzene rings is 3. The van der Waals surface area contributed by atoms with Crippen molar-refractivity contribution < 1.29 is 14.3 Å². The lowest BCUT2D eigenvalue weighted by molar-refractivity contribution is -0.115. The molecule has 0 aliphatic rings. The highest BCUT2D eigenvalue weighted by molar-refractivity contribution is 5.92. The van der Waals surface area contributed by atoms with E-state index in [9.17, 15) is 4.79 Å². The maximum atomic E-state index is 12.4. The molecule has 29 heavy (non-hydrogen) atoms. The van der Waals surface area contributed by atoms with Crippen molar-refractivity contribution in [2.45, 2.75) is 19.4 Å². The van der Waals surface area contributed by atoms with Gasteiger partial charge in [-0.1, -0.05) is 36.4 Å². The molecule has 0 radical (unpaired) electrons. The fourth-order valence-electron chi connectivity index (χ4n) is 3.10. The molecular formula is C24H26N2O3. The second-order valence-corrected chi connectivity index (χ2v) is 6.76. The summed E-state index contributed by atoms with van der Waals surface area (Å²) in [5.74, 6) is 1.22. The number of rotatable bonds is 8. The second kappa shape index (κ2) is 9.64. The van der Waals surface area contributed by atoms with Gasteiger partial charge in [-0.3, -0.25) is 4.79 Å². The van der Waals surface area contributed by atoms with E-state index in [1.165, 1.54) is 5.56 Å². The maximum Gasteiger partial charge on any atom is 0.228 e. The Labute approximate surface area is 171 Å². The fraction of sp³-hybridized carbons (Fsp3) is 0.208. The molecule has 0 aliphatic carbocycles. The summed E-state index contributed by atoms with van der Waals surface area (Å²) < 4.78 is 10.6. The SMILES string of the molecule is COc1ccc(CC(=O)Nc2ccc(NC(C)c3ccccc3)cc2)c(OC)c1. The highest BCUT2D eigenvalue weighted by atomic mass is 16.5. The Balaban J connectivity index is 1.59. The molecule has 0 spiro atoms. The molecule has 1 unspecified atom stereocenters. The molecule has 1 amide bonds. The lowest BCUT2D eigenvalue weighted by Gasteiger charge is -2.16. The van der Waals surface area contributed by atoms with Crippen LogP contribution in [0.4, 0.5) is 11.4 Å². The molecule has 2 N–H and O–H groups in total. The van der Waals surface area contributed by atoms with Crippen molar-refractivity contribution in [3.8, 4) is 11.5 Å². The van der Waals surface area contributed by atoms with E-state index in [4.69, 9.17) is 9.47 Å². The summed E-state index contributed by atoms with van der Waals surface area (Å²) in [6.07, 6.45) is 0.220. The van der Waals surface area contributed by atoms with Crippen LogP contribution in [0.5, 0.6) is 11.5 Å². The van der Waals surface area contributed by atoms with Gasteiger partial charge in [0.25, 0.3) is 0 Å². The third-order valence-corrected chi connectivity index (χ3v) is 4.70. The average Bonchev–Trinajstić information content (AvgIpc) is 2.76. The van der Waals surface area contributed by atoms with E-state index >= 15 is 0 Å². The molecule has 3 aromatic rings. The minimum absolute atomic E-state index is 0.105. The summed E-state index contributed by atoms with van der Waals surface area (Å²) in [5.41, 5.74) is 3.77. The predicted octanol–water partition coefficient (Wildman–Crippen LogP) is 5.06. The quantitative estimate of drug-likeness (QED) is 0.565. The van der Waals surface area contributed by atoms with Crippen LogP contribution in [0.15, 0.2) is 72.8 Å².